The zero-order chi connectivity index (χ0) is 22.7. The second kappa shape index (κ2) is 9.67. The van der Waals surface area contributed by atoms with E-state index in [0.717, 1.165) is 29.9 Å². The predicted octanol–water partition coefficient (Wildman–Crippen LogP) is 3.14. The molecular formula is C25H33N5O2. The highest BCUT2D eigenvalue weighted by Crippen LogP contribution is 2.28. The molecule has 2 heterocycles. The third-order valence-electron chi connectivity index (χ3n) is 6.15. The summed E-state index contributed by atoms with van der Waals surface area (Å²) in [6.45, 7) is 9.06. The molecule has 2 aliphatic rings. The summed E-state index contributed by atoms with van der Waals surface area (Å²) in [6.07, 6.45) is 2.54. The molecule has 32 heavy (non-hydrogen) atoms. The minimum absolute atomic E-state index is 0.0504. The van der Waals surface area contributed by atoms with E-state index in [1.807, 2.05) is 35.8 Å². The fourth-order valence-electron chi connectivity index (χ4n) is 4.08. The highest BCUT2D eigenvalue weighted by atomic mass is 16.2. The van der Waals surface area contributed by atoms with Gasteiger partial charge in [0.2, 0.25) is 11.8 Å². The SMILES string of the molecule is Cc1ccc(-c2ccc(N3CCN(C(=O)CN(C(=O)CC(C)C)C4CC4)CC3)nn2)cc1. The summed E-state index contributed by atoms with van der Waals surface area (Å²) in [4.78, 5) is 31.3. The van der Waals surface area contributed by atoms with Crippen LogP contribution in [-0.4, -0.2) is 70.6 Å². The first-order valence-electron chi connectivity index (χ1n) is 11.6. The summed E-state index contributed by atoms with van der Waals surface area (Å²) in [5.74, 6) is 1.30. The van der Waals surface area contributed by atoms with Gasteiger partial charge in [0.1, 0.15) is 6.54 Å². The highest BCUT2D eigenvalue weighted by Gasteiger charge is 2.35. The van der Waals surface area contributed by atoms with E-state index in [0.29, 0.717) is 38.5 Å². The molecule has 1 aliphatic heterocycles. The van der Waals surface area contributed by atoms with E-state index in [1.54, 1.807) is 0 Å². The third kappa shape index (κ3) is 5.44. The first kappa shape index (κ1) is 22.2. The molecule has 0 bridgehead atoms. The number of carbonyl (C=O) groups excluding carboxylic acids is 2. The van der Waals surface area contributed by atoms with Gasteiger partial charge in [-0.2, -0.15) is 0 Å². The molecule has 2 fully saturated rings. The van der Waals surface area contributed by atoms with E-state index in [4.69, 9.17) is 0 Å². The molecule has 4 rings (SSSR count). The van der Waals surface area contributed by atoms with Crippen LogP contribution in [0.25, 0.3) is 11.3 Å². The first-order chi connectivity index (χ1) is 15.4. The minimum atomic E-state index is 0.0504. The first-order valence-corrected chi connectivity index (χ1v) is 11.6. The van der Waals surface area contributed by atoms with Crippen molar-refractivity contribution >= 4 is 17.6 Å². The Kier molecular flexibility index (Phi) is 6.72. The Morgan fingerprint density at radius 3 is 2.25 bits per heavy atom. The monoisotopic (exact) mass is 435 g/mol. The predicted molar refractivity (Wildman–Crippen MR) is 125 cm³/mol. The van der Waals surface area contributed by atoms with Crippen LogP contribution in [0.3, 0.4) is 0 Å². The maximum atomic E-state index is 12.9. The number of amides is 2. The van der Waals surface area contributed by atoms with Crippen LogP contribution in [0.1, 0.15) is 38.7 Å². The molecule has 0 atom stereocenters. The summed E-state index contributed by atoms with van der Waals surface area (Å²) < 4.78 is 0. The van der Waals surface area contributed by atoms with Gasteiger partial charge < -0.3 is 14.7 Å². The largest absolute Gasteiger partial charge is 0.352 e. The van der Waals surface area contributed by atoms with Crippen molar-refractivity contribution in [3.63, 3.8) is 0 Å². The molecule has 0 spiro atoms. The lowest BCUT2D eigenvalue weighted by molar-refractivity contribution is -0.141. The zero-order valence-corrected chi connectivity index (χ0v) is 19.3. The summed E-state index contributed by atoms with van der Waals surface area (Å²) >= 11 is 0. The molecule has 1 saturated carbocycles. The Morgan fingerprint density at radius 2 is 1.69 bits per heavy atom. The molecule has 2 aromatic rings. The van der Waals surface area contributed by atoms with Crippen molar-refractivity contribution in [3.8, 4) is 11.3 Å². The van der Waals surface area contributed by atoms with E-state index in [2.05, 4.69) is 46.3 Å². The normalized spacial score (nSPS) is 16.4. The summed E-state index contributed by atoms with van der Waals surface area (Å²) in [5, 5.41) is 8.82. The van der Waals surface area contributed by atoms with Gasteiger partial charge in [-0.15, -0.1) is 10.2 Å². The van der Waals surface area contributed by atoms with Gasteiger partial charge in [-0.3, -0.25) is 9.59 Å². The molecule has 170 valence electrons. The molecule has 0 radical (unpaired) electrons. The van der Waals surface area contributed by atoms with Gasteiger partial charge >= 0.3 is 0 Å². The van der Waals surface area contributed by atoms with Crippen LogP contribution in [0.2, 0.25) is 0 Å². The number of nitrogens with zero attached hydrogens (tertiary/aromatic N) is 5. The van der Waals surface area contributed by atoms with Gasteiger partial charge in [0, 0.05) is 44.2 Å². The van der Waals surface area contributed by atoms with Crippen LogP contribution in [0.15, 0.2) is 36.4 Å². The fraction of sp³-hybridized carbons (Fsp3) is 0.520. The molecule has 7 nitrogen and oxygen atoms in total. The van der Waals surface area contributed by atoms with E-state index in [9.17, 15) is 9.59 Å². The van der Waals surface area contributed by atoms with Gasteiger partial charge in [-0.05, 0) is 37.8 Å². The number of rotatable bonds is 7. The Balaban J connectivity index is 1.31. The van der Waals surface area contributed by atoms with Gasteiger partial charge in [0.05, 0.1) is 5.69 Å². The summed E-state index contributed by atoms with van der Waals surface area (Å²) in [6, 6.07) is 12.5. The lowest BCUT2D eigenvalue weighted by atomic mass is 10.1. The quantitative estimate of drug-likeness (QED) is 0.668. The van der Waals surface area contributed by atoms with Gasteiger partial charge in [0.25, 0.3) is 0 Å². The van der Waals surface area contributed by atoms with Crippen molar-refractivity contribution < 1.29 is 9.59 Å². The molecule has 7 heteroatoms. The zero-order valence-electron chi connectivity index (χ0n) is 19.3. The number of benzene rings is 1. The average molecular weight is 436 g/mol. The second-order valence-corrected chi connectivity index (χ2v) is 9.36. The number of anilines is 1. The van der Waals surface area contributed by atoms with Crippen molar-refractivity contribution in [2.45, 2.75) is 46.1 Å². The van der Waals surface area contributed by atoms with Crippen LogP contribution in [0.5, 0.6) is 0 Å². The molecule has 1 aromatic carbocycles. The van der Waals surface area contributed by atoms with Crippen molar-refractivity contribution in [3.05, 3.63) is 42.0 Å². The van der Waals surface area contributed by atoms with Gasteiger partial charge in [0.15, 0.2) is 5.82 Å². The summed E-state index contributed by atoms with van der Waals surface area (Å²) in [5.41, 5.74) is 3.13. The fourth-order valence-corrected chi connectivity index (χ4v) is 4.08. The Hall–Kier alpha value is -2.96. The molecule has 1 aromatic heterocycles. The molecule has 2 amide bonds. The summed E-state index contributed by atoms with van der Waals surface area (Å²) in [7, 11) is 0. The van der Waals surface area contributed by atoms with Crippen molar-refractivity contribution in [2.24, 2.45) is 5.92 Å². The number of aromatic nitrogens is 2. The van der Waals surface area contributed by atoms with Crippen molar-refractivity contribution in [2.75, 3.05) is 37.6 Å². The van der Waals surface area contributed by atoms with Crippen LogP contribution in [-0.2, 0) is 9.59 Å². The Labute approximate surface area is 190 Å². The lowest BCUT2D eigenvalue weighted by Gasteiger charge is -2.36. The second-order valence-electron chi connectivity index (χ2n) is 9.36. The highest BCUT2D eigenvalue weighted by molar-refractivity contribution is 5.85. The standard InChI is InChI=1S/C25H33N5O2/c1-18(2)16-24(31)30(21-8-9-21)17-25(32)29-14-12-28(13-15-29)23-11-10-22(26-27-23)20-6-4-19(3)5-7-20/h4-7,10-11,18,21H,8-9,12-17H2,1-3H3. The Bertz CT molecular complexity index is 930. The topological polar surface area (TPSA) is 69.6 Å². The third-order valence-corrected chi connectivity index (χ3v) is 6.15. The molecular weight excluding hydrogens is 402 g/mol. The minimum Gasteiger partial charge on any atom is -0.352 e. The number of hydrogen-bond donors (Lipinski definition) is 0. The van der Waals surface area contributed by atoms with Crippen molar-refractivity contribution in [1.82, 2.24) is 20.0 Å². The van der Waals surface area contributed by atoms with Crippen LogP contribution < -0.4 is 4.90 Å². The van der Waals surface area contributed by atoms with E-state index >= 15 is 0 Å². The van der Waals surface area contributed by atoms with Crippen LogP contribution >= 0.6 is 0 Å². The smallest absolute Gasteiger partial charge is 0.242 e. The van der Waals surface area contributed by atoms with E-state index in [-0.39, 0.29) is 24.4 Å². The maximum absolute atomic E-state index is 12.9. The maximum Gasteiger partial charge on any atom is 0.242 e. The number of hydrogen-bond acceptors (Lipinski definition) is 5. The number of aryl methyl sites for hydroxylation is 1. The van der Waals surface area contributed by atoms with Crippen molar-refractivity contribution in [1.29, 1.82) is 0 Å². The molecule has 0 unspecified atom stereocenters. The number of carbonyl (C=O) groups is 2. The molecule has 1 saturated heterocycles. The lowest BCUT2D eigenvalue weighted by Crippen LogP contribution is -2.52. The van der Waals surface area contributed by atoms with Crippen LogP contribution in [0, 0.1) is 12.8 Å². The average Bonchev–Trinajstić information content (AvgIpc) is 3.63. The van der Waals surface area contributed by atoms with Crippen LogP contribution in [0.4, 0.5) is 5.82 Å². The number of piperazine rings is 1. The van der Waals surface area contributed by atoms with E-state index in [1.165, 1.54) is 5.56 Å². The van der Waals surface area contributed by atoms with Gasteiger partial charge in [-0.25, -0.2) is 0 Å². The van der Waals surface area contributed by atoms with Gasteiger partial charge in [-0.1, -0.05) is 43.7 Å². The molecule has 1 aliphatic carbocycles. The molecule has 0 N–H and O–H groups in total. The van der Waals surface area contributed by atoms with E-state index < -0.39 is 0 Å². The Morgan fingerprint density at radius 1 is 1.00 bits per heavy atom.